The highest BCUT2D eigenvalue weighted by molar-refractivity contribution is 5.93. The maximum Gasteiger partial charge on any atom is 0.243 e. The third-order valence-electron chi connectivity index (χ3n) is 1.78. The van der Waals surface area contributed by atoms with Gasteiger partial charge in [0.1, 0.15) is 12.2 Å². The average Bonchev–Trinajstić information content (AvgIpc) is 2.57. The van der Waals surface area contributed by atoms with Crippen LogP contribution in [0.3, 0.4) is 0 Å². The number of hydrogen-bond acceptors (Lipinski definition) is 4. The first-order chi connectivity index (χ1) is 6.65. The van der Waals surface area contributed by atoms with E-state index < -0.39 is 5.92 Å². The highest BCUT2D eigenvalue weighted by atomic mass is 16.5. The molecule has 1 amide bonds. The van der Waals surface area contributed by atoms with Gasteiger partial charge in [0.25, 0.3) is 0 Å². The standard InChI is InChI=1S/C9H11N3O2/c1-6(2)7(5-10)9(13)11-8-3-4-14-12-8/h3-4,6-7H,1-2H3,(H,11,12,13). The molecule has 0 spiro atoms. The minimum Gasteiger partial charge on any atom is -0.363 e. The molecular formula is C9H11N3O2. The minimum absolute atomic E-state index is 0.0214. The zero-order valence-corrected chi connectivity index (χ0v) is 8.02. The number of rotatable bonds is 3. The highest BCUT2D eigenvalue weighted by Crippen LogP contribution is 2.12. The number of anilines is 1. The molecule has 1 unspecified atom stereocenters. The number of nitrogens with zero attached hydrogens (tertiary/aromatic N) is 2. The Balaban J connectivity index is 2.62. The van der Waals surface area contributed by atoms with E-state index in [4.69, 9.17) is 5.26 Å². The van der Waals surface area contributed by atoms with Crippen molar-refractivity contribution < 1.29 is 9.32 Å². The maximum absolute atomic E-state index is 11.5. The Morgan fingerprint density at radius 1 is 1.71 bits per heavy atom. The highest BCUT2D eigenvalue weighted by Gasteiger charge is 2.22. The van der Waals surface area contributed by atoms with Crippen molar-refractivity contribution in [3.63, 3.8) is 0 Å². The summed E-state index contributed by atoms with van der Waals surface area (Å²) in [5.41, 5.74) is 0. The molecule has 74 valence electrons. The Morgan fingerprint density at radius 3 is 2.86 bits per heavy atom. The topological polar surface area (TPSA) is 78.9 Å². The van der Waals surface area contributed by atoms with Gasteiger partial charge in [0.15, 0.2) is 5.82 Å². The first-order valence-corrected chi connectivity index (χ1v) is 4.26. The van der Waals surface area contributed by atoms with Crippen LogP contribution in [0.25, 0.3) is 0 Å². The molecule has 1 rings (SSSR count). The van der Waals surface area contributed by atoms with Crippen molar-refractivity contribution in [2.24, 2.45) is 11.8 Å². The molecule has 14 heavy (non-hydrogen) atoms. The van der Waals surface area contributed by atoms with Gasteiger partial charge in [-0.1, -0.05) is 19.0 Å². The SMILES string of the molecule is CC(C)C(C#N)C(=O)Nc1ccon1. The zero-order valence-electron chi connectivity index (χ0n) is 8.02. The van der Waals surface area contributed by atoms with Gasteiger partial charge in [0.05, 0.1) is 6.07 Å². The van der Waals surface area contributed by atoms with Gasteiger partial charge in [-0.3, -0.25) is 4.79 Å². The molecule has 1 N–H and O–H groups in total. The van der Waals surface area contributed by atoms with Crippen molar-refractivity contribution in [1.29, 1.82) is 5.26 Å². The number of carbonyl (C=O) groups is 1. The lowest BCUT2D eigenvalue weighted by Gasteiger charge is -2.10. The Labute approximate surface area is 81.7 Å². The molecule has 5 nitrogen and oxygen atoms in total. The van der Waals surface area contributed by atoms with Gasteiger partial charge in [-0.2, -0.15) is 5.26 Å². The molecule has 0 aliphatic carbocycles. The predicted molar refractivity (Wildman–Crippen MR) is 49.1 cm³/mol. The lowest BCUT2D eigenvalue weighted by molar-refractivity contribution is -0.119. The molecule has 1 aromatic rings. The van der Waals surface area contributed by atoms with Crippen LogP contribution in [-0.2, 0) is 4.79 Å². The van der Waals surface area contributed by atoms with Gasteiger partial charge < -0.3 is 9.84 Å². The summed E-state index contributed by atoms with van der Waals surface area (Å²) in [6.45, 7) is 3.63. The normalized spacial score (nSPS) is 12.1. The zero-order chi connectivity index (χ0) is 10.6. The molecule has 0 radical (unpaired) electrons. The van der Waals surface area contributed by atoms with Gasteiger partial charge >= 0.3 is 0 Å². The fourth-order valence-corrected chi connectivity index (χ4v) is 0.991. The molecule has 0 saturated heterocycles. The first kappa shape index (κ1) is 10.3. The third-order valence-corrected chi connectivity index (χ3v) is 1.78. The summed E-state index contributed by atoms with van der Waals surface area (Å²) in [4.78, 5) is 11.5. The van der Waals surface area contributed by atoms with E-state index in [1.807, 2.05) is 19.9 Å². The molecular weight excluding hydrogens is 182 g/mol. The second-order valence-corrected chi connectivity index (χ2v) is 3.22. The molecule has 0 aliphatic heterocycles. The molecule has 1 aromatic heterocycles. The van der Waals surface area contributed by atoms with Crippen molar-refractivity contribution in [3.05, 3.63) is 12.3 Å². The number of aromatic nitrogens is 1. The van der Waals surface area contributed by atoms with Crippen molar-refractivity contribution in [1.82, 2.24) is 5.16 Å². The second kappa shape index (κ2) is 4.42. The summed E-state index contributed by atoms with van der Waals surface area (Å²) < 4.78 is 4.54. The Hall–Kier alpha value is -1.83. The number of nitriles is 1. The summed E-state index contributed by atoms with van der Waals surface area (Å²) in [6, 6.07) is 3.46. The van der Waals surface area contributed by atoms with Gasteiger partial charge in [-0.15, -0.1) is 0 Å². The monoisotopic (exact) mass is 193 g/mol. The number of hydrogen-bond donors (Lipinski definition) is 1. The molecule has 0 aliphatic rings. The van der Waals surface area contributed by atoms with Crippen LogP contribution < -0.4 is 5.32 Å². The van der Waals surface area contributed by atoms with Crippen LogP contribution in [0.5, 0.6) is 0 Å². The number of carbonyl (C=O) groups excluding carboxylic acids is 1. The van der Waals surface area contributed by atoms with Crippen LogP contribution in [0.2, 0.25) is 0 Å². The lowest BCUT2D eigenvalue weighted by Crippen LogP contribution is -2.25. The van der Waals surface area contributed by atoms with Gasteiger partial charge in [-0.25, -0.2) is 0 Å². The van der Waals surface area contributed by atoms with E-state index in [1.54, 1.807) is 0 Å². The molecule has 0 saturated carbocycles. The van der Waals surface area contributed by atoms with E-state index in [9.17, 15) is 4.79 Å². The summed E-state index contributed by atoms with van der Waals surface area (Å²) in [5.74, 6) is -0.703. The third kappa shape index (κ3) is 2.33. The first-order valence-electron chi connectivity index (χ1n) is 4.26. The van der Waals surface area contributed by atoms with Crippen molar-refractivity contribution in [3.8, 4) is 6.07 Å². The van der Waals surface area contributed by atoms with Crippen molar-refractivity contribution >= 4 is 11.7 Å². The van der Waals surface area contributed by atoms with Crippen molar-refractivity contribution in [2.75, 3.05) is 5.32 Å². The summed E-state index contributed by atoms with van der Waals surface area (Å²) in [7, 11) is 0. The van der Waals surface area contributed by atoms with E-state index in [-0.39, 0.29) is 11.8 Å². The Bertz CT molecular complexity index is 337. The largest absolute Gasteiger partial charge is 0.363 e. The van der Waals surface area contributed by atoms with E-state index in [1.165, 1.54) is 12.3 Å². The van der Waals surface area contributed by atoms with Crippen LogP contribution in [0.4, 0.5) is 5.82 Å². The van der Waals surface area contributed by atoms with Gasteiger partial charge in [-0.05, 0) is 5.92 Å². The molecule has 0 fully saturated rings. The summed E-state index contributed by atoms with van der Waals surface area (Å²) in [6.07, 6.45) is 1.35. The van der Waals surface area contributed by atoms with Gasteiger partial charge in [0.2, 0.25) is 5.91 Å². The van der Waals surface area contributed by atoms with Crippen LogP contribution in [-0.4, -0.2) is 11.1 Å². The minimum atomic E-state index is -0.660. The maximum atomic E-state index is 11.5. The number of amides is 1. The number of nitrogens with one attached hydrogen (secondary N) is 1. The Morgan fingerprint density at radius 2 is 2.43 bits per heavy atom. The molecule has 1 heterocycles. The fourth-order valence-electron chi connectivity index (χ4n) is 0.991. The average molecular weight is 193 g/mol. The fraction of sp³-hybridized carbons (Fsp3) is 0.444. The van der Waals surface area contributed by atoms with Crippen LogP contribution >= 0.6 is 0 Å². The molecule has 5 heteroatoms. The van der Waals surface area contributed by atoms with E-state index >= 15 is 0 Å². The summed E-state index contributed by atoms with van der Waals surface area (Å²) >= 11 is 0. The summed E-state index contributed by atoms with van der Waals surface area (Å²) in [5, 5.41) is 14.7. The Kier molecular flexibility index (Phi) is 3.24. The second-order valence-electron chi connectivity index (χ2n) is 3.22. The van der Waals surface area contributed by atoms with Crippen LogP contribution in [0, 0.1) is 23.2 Å². The lowest BCUT2D eigenvalue weighted by atomic mass is 9.97. The van der Waals surface area contributed by atoms with Crippen molar-refractivity contribution in [2.45, 2.75) is 13.8 Å². The smallest absolute Gasteiger partial charge is 0.243 e. The van der Waals surface area contributed by atoms with E-state index in [2.05, 4.69) is 15.0 Å². The van der Waals surface area contributed by atoms with Gasteiger partial charge in [0, 0.05) is 6.07 Å². The quantitative estimate of drug-likeness (QED) is 0.787. The van der Waals surface area contributed by atoms with E-state index in [0.717, 1.165) is 0 Å². The van der Waals surface area contributed by atoms with Crippen LogP contribution in [0.1, 0.15) is 13.8 Å². The molecule has 1 atom stereocenters. The van der Waals surface area contributed by atoms with E-state index in [0.29, 0.717) is 5.82 Å². The predicted octanol–water partition coefficient (Wildman–Crippen LogP) is 1.41. The molecule has 0 aromatic carbocycles. The molecule has 0 bridgehead atoms. The van der Waals surface area contributed by atoms with Crippen LogP contribution in [0.15, 0.2) is 16.9 Å².